The van der Waals surface area contributed by atoms with Gasteiger partial charge in [0, 0.05) is 12.7 Å². The number of amides is 1. The average Bonchev–Trinajstić information content (AvgIpc) is 2.67. The molecule has 0 aliphatic rings. The lowest BCUT2D eigenvalue weighted by atomic mass is 10.2. The molecule has 0 radical (unpaired) electrons. The van der Waals surface area contributed by atoms with Gasteiger partial charge in [0.25, 0.3) is 11.5 Å². The molecule has 1 unspecified atom stereocenters. The molecule has 0 saturated carbocycles. The lowest BCUT2D eigenvalue weighted by Crippen LogP contribution is -3.11. The van der Waals surface area contributed by atoms with E-state index in [1.807, 2.05) is 55.5 Å². The van der Waals surface area contributed by atoms with Crippen molar-refractivity contribution in [3.8, 4) is 0 Å². The number of aromatic nitrogens is 2. The zero-order chi connectivity index (χ0) is 18.5. The third kappa shape index (κ3) is 3.97. The maximum Gasteiger partial charge on any atom is 0.281 e. The summed E-state index contributed by atoms with van der Waals surface area (Å²) in [7, 11) is 1.78. The molecule has 0 saturated heterocycles. The zero-order valence-electron chi connectivity index (χ0n) is 15.0. The predicted molar refractivity (Wildman–Crippen MR) is 102 cm³/mol. The van der Waals surface area contributed by atoms with Crippen molar-refractivity contribution < 1.29 is 9.69 Å². The molecule has 3 aromatic rings. The Morgan fingerprint density at radius 3 is 2.54 bits per heavy atom. The Hall–Kier alpha value is -2.99. The first-order chi connectivity index (χ1) is 12.6. The summed E-state index contributed by atoms with van der Waals surface area (Å²) < 4.78 is 0. The highest BCUT2D eigenvalue weighted by Gasteiger charge is 2.19. The van der Waals surface area contributed by atoms with E-state index in [0.717, 1.165) is 17.1 Å². The van der Waals surface area contributed by atoms with Gasteiger partial charge in [-0.1, -0.05) is 30.3 Å². The third-order valence-corrected chi connectivity index (χ3v) is 4.50. The number of likely N-dealkylation sites (N-methyl/N-ethyl adjacent to an activating group) is 2. The van der Waals surface area contributed by atoms with E-state index in [9.17, 15) is 9.59 Å². The predicted octanol–water partition coefficient (Wildman–Crippen LogP) is 0.991. The Labute approximate surface area is 152 Å². The first-order valence-electron chi connectivity index (χ1n) is 8.71. The van der Waals surface area contributed by atoms with Crippen LogP contribution in [0.4, 0.5) is 5.69 Å². The van der Waals surface area contributed by atoms with Crippen molar-refractivity contribution in [3.05, 3.63) is 70.8 Å². The number of nitrogens with one attached hydrogen (secondary N) is 2. The molecule has 1 heterocycles. The fourth-order valence-electron chi connectivity index (χ4n) is 2.90. The highest BCUT2D eigenvalue weighted by atomic mass is 16.2. The van der Waals surface area contributed by atoms with Gasteiger partial charge in [-0.2, -0.15) is 0 Å². The average molecular weight is 351 g/mol. The van der Waals surface area contributed by atoms with Crippen LogP contribution in [0.5, 0.6) is 0 Å². The van der Waals surface area contributed by atoms with E-state index < -0.39 is 0 Å². The van der Waals surface area contributed by atoms with Gasteiger partial charge in [0.1, 0.15) is 6.54 Å². The second-order valence-electron chi connectivity index (χ2n) is 6.28. The van der Waals surface area contributed by atoms with Crippen LogP contribution >= 0.6 is 0 Å². The molecule has 2 aromatic carbocycles. The molecule has 6 heteroatoms. The van der Waals surface area contributed by atoms with Crippen molar-refractivity contribution in [2.24, 2.45) is 0 Å². The van der Waals surface area contributed by atoms with E-state index in [-0.39, 0.29) is 11.5 Å². The summed E-state index contributed by atoms with van der Waals surface area (Å²) in [4.78, 5) is 34.9. The number of carbonyl (C=O) groups excluding carboxylic acids is 1. The molecule has 0 spiro atoms. The maximum absolute atomic E-state index is 12.6. The molecule has 134 valence electrons. The van der Waals surface area contributed by atoms with Crippen LogP contribution in [0.25, 0.3) is 10.9 Å². The summed E-state index contributed by atoms with van der Waals surface area (Å²) in [5.41, 5.74) is 1.40. The monoisotopic (exact) mass is 351 g/mol. The minimum atomic E-state index is -0.145. The van der Waals surface area contributed by atoms with Gasteiger partial charge in [0.05, 0.1) is 17.4 Å². The van der Waals surface area contributed by atoms with Crippen LogP contribution in [-0.4, -0.2) is 36.0 Å². The summed E-state index contributed by atoms with van der Waals surface area (Å²) in [5, 5.41) is 0.578. The molecule has 3 rings (SSSR count). The number of hydrogen-bond acceptors (Lipinski definition) is 3. The lowest BCUT2D eigenvalue weighted by Gasteiger charge is -2.21. The van der Waals surface area contributed by atoms with Crippen molar-refractivity contribution in [1.29, 1.82) is 0 Å². The molecular weight excluding hydrogens is 328 g/mol. The standard InChI is InChI=1S/C20H22N4O2/c1-3-24(14-19(25)23(2)15-9-5-4-6-10-15)13-18-21-17-12-8-7-11-16(17)20(26)22-18/h4-12H,3,13-14H2,1-2H3,(H,21,22,26)/p+1. The van der Waals surface area contributed by atoms with Crippen LogP contribution in [0.3, 0.4) is 0 Å². The van der Waals surface area contributed by atoms with Crippen molar-refractivity contribution in [3.63, 3.8) is 0 Å². The molecule has 0 bridgehead atoms. The first kappa shape index (κ1) is 17.8. The molecule has 1 atom stereocenters. The number of carbonyl (C=O) groups is 1. The lowest BCUT2D eigenvalue weighted by molar-refractivity contribution is -0.904. The normalized spacial score (nSPS) is 12.1. The molecule has 6 nitrogen and oxygen atoms in total. The van der Waals surface area contributed by atoms with E-state index in [1.54, 1.807) is 18.0 Å². The van der Waals surface area contributed by atoms with Crippen LogP contribution in [0.1, 0.15) is 12.7 Å². The number of nitrogens with zero attached hydrogens (tertiary/aromatic N) is 2. The topological polar surface area (TPSA) is 70.5 Å². The zero-order valence-corrected chi connectivity index (χ0v) is 15.0. The summed E-state index contributed by atoms with van der Waals surface area (Å²) in [6.07, 6.45) is 0. The Morgan fingerprint density at radius 1 is 1.12 bits per heavy atom. The van der Waals surface area contributed by atoms with Crippen LogP contribution in [-0.2, 0) is 11.3 Å². The fraction of sp³-hybridized carbons (Fsp3) is 0.250. The SMILES string of the molecule is CC[NH+](CC(=O)N(C)c1ccccc1)Cc1nc2ccccc2c(=O)[nH]1. The number of hydrogen-bond donors (Lipinski definition) is 2. The number of quaternary nitrogens is 1. The maximum atomic E-state index is 12.6. The summed E-state index contributed by atoms with van der Waals surface area (Å²) >= 11 is 0. The molecule has 0 fully saturated rings. The Morgan fingerprint density at radius 2 is 1.81 bits per heavy atom. The number of anilines is 1. The fourth-order valence-corrected chi connectivity index (χ4v) is 2.90. The number of benzene rings is 2. The van der Waals surface area contributed by atoms with Gasteiger partial charge in [-0.05, 0) is 31.2 Å². The minimum absolute atomic E-state index is 0.0242. The van der Waals surface area contributed by atoms with Gasteiger partial charge in [-0.3, -0.25) is 9.59 Å². The second-order valence-corrected chi connectivity index (χ2v) is 6.28. The molecule has 0 aliphatic carbocycles. The van der Waals surface area contributed by atoms with Gasteiger partial charge < -0.3 is 14.8 Å². The quantitative estimate of drug-likeness (QED) is 0.696. The third-order valence-electron chi connectivity index (χ3n) is 4.50. The number of H-pyrrole nitrogens is 1. The Balaban J connectivity index is 1.73. The summed E-state index contributed by atoms with van der Waals surface area (Å²) in [5.74, 6) is 0.622. The number of fused-ring (bicyclic) bond motifs is 1. The van der Waals surface area contributed by atoms with Gasteiger partial charge >= 0.3 is 0 Å². The van der Waals surface area contributed by atoms with E-state index >= 15 is 0 Å². The van der Waals surface area contributed by atoms with Gasteiger partial charge in [0.2, 0.25) is 0 Å². The molecule has 26 heavy (non-hydrogen) atoms. The van der Waals surface area contributed by atoms with Crippen molar-refractivity contribution in [2.75, 3.05) is 25.0 Å². The van der Waals surface area contributed by atoms with E-state index in [0.29, 0.717) is 29.8 Å². The van der Waals surface area contributed by atoms with E-state index in [1.165, 1.54) is 0 Å². The van der Waals surface area contributed by atoms with Gasteiger partial charge in [-0.15, -0.1) is 0 Å². The van der Waals surface area contributed by atoms with Gasteiger partial charge in [-0.25, -0.2) is 4.98 Å². The summed E-state index contributed by atoms with van der Waals surface area (Å²) in [6, 6.07) is 16.8. The minimum Gasteiger partial charge on any atom is -0.321 e. The van der Waals surface area contributed by atoms with Crippen molar-refractivity contribution in [1.82, 2.24) is 9.97 Å². The van der Waals surface area contributed by atoms with Crippen LogP contribution in [0, 0.1) is 0 Å². The second kappa shape index (κ2) is 7.93. The number of para-hydroxylation sites is 2. The molecule has 1 aromatic heterocycles. The smallest absolute Gasteiger partial charge is 0.281 e. The van der Waals surface area contributed by atoms with Crippen LogP contribution < -0.4 is 15.4 Å². The van der Waals surface area contributed by atoms with Crippen molar-refractivity contribution >= 4 is 22.5 Å². The molecule has 2 N–H and O–H groups in total. The molecular formula is C20H23N4O2+. The van der Waals surface area contributed by atoms with E-state index in [2.05, 4.69) is 9.97 Å². The highest BCUT2D eigenvalue weighted by Crippen LogP contribution is 2.10. The summed E-state index contributed by atoms with van der Waals surface area (Å²) in [6.45, 7) is 3.60. The molecule has 0 aliphatic heterocycles. The Kier molecular flexibility index (Phi) is 5.43. The first-order valence-corrected chi connectivity index (χ1v) is 8.71. The number of rotatable bonds is 6. The Bertz CT molecular complexity index is 953. The van der Waals surface area contributed by atoms with Gasteiger partial charge in [0.15, 0.2) is 12.4 Å². The van der Waals surface area contributed by atoms with Crippen LogP contribution in [0.2, 0.25) is 0 Å². The number of aromatic amines is 1. The van der Waals surface area contributed by atoms with Crippen molar-refractivity contribution in [2.45, 2.75) is 13.5 Å². The van der Waals surface area contributed by atoms with Crippen LogP contribution in [0.15, 0.2) is 59.4 Å². The van der Waals surface area contributed by atoms with E-state index in [4.69, 9.17) is 0 Å². The highest BCUT2D eigenvalue weighted by molar-refractivity contribution is 5.93. The molecule has 1 amide bonds. The largest absolute Gasteiger partial charge is 0.321 e.